The molecule has 2 aromatic rings. The molecular formula is C22H28FN7O2. The molecule has 2 aliphatic rings. The number of rotatable bonds is 8. The average Bonchev–Trinajstić information content (AvgIpc) is 2.68. The number of aromatic nitrogens is 4. The minimum absolute atomic E-state index is 0.128. The van der Waals surface area contributed by atoms with Crippen LogP contribution in [-0.4, -0.2) is 49.0 Å². The van der Waals surface area contributed by atoms with Crippen molar-refractivity contribution in [2.24, 2.45) is 5.41 Å². The SMILES string of the molecule is CC(C)(F)COc1ncncc1CNc1ncc(C#N)c(NC2CC3(C2)CC(C)(O)C3)n1. The molecule has 0 aliphatic heterocycles. The molecule has 3 N–H and O–H groups in total. The zero-order chi connectivity index (χ0) is 23.0. The van der Waals surface area contributed by atoms with Gasteiger partial charge in [-0.3, -0.25) is 0 Å². The maximum atomic E-state index is 13.8. The fourth-order valence-electron chi connectivity index (χ4n) is 4.81. The summed E-state index contributed by atoms with van der Waals surface area (Å²) in [5, 5.41) is 25.9. The smallest absolute Gasteiger partial charge is 0.224 e. The van der Waals surface area contributed by atoms with Crippen molar-refractivity contribution in [1.82, 2.24) is 19.9 Å². The van der Waals surface area contributed by atoms with Gasteiger partial charge in [-0.25, -0.2) is 19.3 Å². The maximum absolute atomic E-state index is 13.8. The number of ether oxygens (including phenoxy) is 1. The molecule has 32 heavy (non-hydrogen) atoms. The number of nitrogens with zero attached hydrogens (tertiary/aromatic N) is 5. The molecule has 2 saturated carbocycles. The predicted octanol–water partition coefficient (Wildman–Crippen LogP) is 2.98. The first-order valence-electron chi connectivity index (χ1n) is 10.7. The first-order valence-corrected chi connectivity index (χ1v) is 10.7. The third kappa shape index (κ3) is 5.05. The number of nitrogens with one attached hydrogen (secondary N) is 2. The molecule has 2 aromatic heterocycles. The summed E-state index contributed by atoms with van der Waals surface area (Å²) in [6, 6.07) is 2.34. The van der Waals surface area contributed by atoms with Crippen LogP contribution in [0.4, 0.5) is 16.2 Å². The minimum Gasteiger partial charge on any atom is -0.474 e. The Morgan fingerprint density at radius 2 is 2.06 bits per heavy atom. The van der Waals surface area contributed by atoms with E-state index in [0.29, 0.717) is 28.8 Å². The number of hydrogen-bond acceptors (Lipinski definition) is 9. The summed E-state index contributed by atoms with van der Waals surface area (Å²) in [4.78, 5) is 16.8. The van der Waals surface area contributed by atoms with Crippen LogP contribution in [0.3, 0.4) is 0 Å². The van der Waals surface area contributed by atoms with Gasteiger partial charge >= 0.3 is 0 Å². The van der Waals surface area contributed by atoms with Crippen LogP contribution in [0.5, 0.6) is 5.88 Å². The van der Waals surface area contributed by atoms with Crippen molar-refractivity contribution < 1.29 is 14.2 Å². The van der Waals surface area contributed by atoms with Gasteiger partial charge in [0.25, 0.3) is 0 Å². The van der Waals surface area contributed by atoms with Crippen LogP contribution < -0.4 is 15.4 Å². The second-order valence-corrected chi connectivity index (χ2v) is 9.88. The molecule has 0 unspecified atom stereocenters. The number of halogens is 1. The van der Waals surface area contributed by atoms with Gasteiger partial charge in [0.05, 0.1) is 17.4 Å². The number of aliphatic hydroxyl groups is 1. The highest BCUT2D eigenvalue weighted by atomic mass is 19.1. The Hall–Kier alpha value is -3.06. The van der Waals surface area contributed by atoms with Crippen molar-refractivity contribution >= 4 is 11.8 Å². The van der Waals surface area contributed by atoms with Gasteiger partial charge in [-0.15, -0.1) is 0 Å². The second-order valence-electron chi connectivity index (χ2n) is 9.88. The molecule has 2 heterocycles. The lowest BCUT2D eigenvalue weighted by molar-refractivity contribution is -0.154. The van der Waals surface area contributed by atoms with E-state index in [2.05, 4.69) is 36.6 Å². The monoisotopic (exact) mass is 441 g/mol. The Bertz CT molecular complexity index is 1020. The molecule has 0 atom stereocenters. The van der Waals surface area contributed by atoms with Crippen LogP contribution in [0.25, 0.3) is 0 Å². The van der Waals surface area contributed by atoms with Gasteiger partial charge in [-0.2, -0.15) is 10.2 Å². The van der Waals surface area contributed by atoms with E-state index in [1.807, 2.05) is 6.92 Å². The zero-order valence-corrected chi connectivity index (χ0v) is 18.5. The van der Waals surface area contributed by atoms with Crippen LogP contribution in [0, 0.1) is 16.7 Å². The van der Waals surface area contributed by atoms with E-state index >= 15 is 0 Å². The summed E-state index contributed by atoms with van der Waals surface area (Å²) in [7, 11) is 0. The Kier molecular flexibility index (Phi) is 5.63. The number of alkyl halides is 1. The molecule has 0 amide bonds. The summed E-state index contributed by atoms with van der Waals surface area (Å²) in [5.74, 6) is 1.12. The molecule has 10 heteroatoms. The van der Waals surface area contributed by atoms with E-state index in [1.165, 1.54) is 26.4 Å². The molecule has 0 aromatic carbocycles. The van der Waals surface area contributed by atoms with Gasteiger partial charge in [0.15, 0.2) is 0 Å². The summed E-state index contributed by atoms with van der Waals surface area (Å²) in [6.07, 6.45) is 7.96. The van der Waals surface area contributed by atoms with Gasteiger partial charge in [0.2, 0.25) is 11.8 Å². The van der Waals surface area contributed by atoms with E-state index in [-0.39, 0.29) is 24.6 Å². The topological polar surface area (TPSA) is 129 Å². The second kappa shape index (κ2) is 8.13. The van der Waals surface area contributed by atoms with E-state index in [9.17, 15) is 14.8 Å². The summed E-state index contributed by atoms with van der Waals surface area (Å²) in [6.45, 7) is 4.89. The van der Waals surface area contributed by atoms with Gasteiger partial charge in [0.1, 0.15) is 36.1 Å². The molecule has 4 rings (SSSR count). The highest BCUT2D eigenvalue weighted by Gasteiger charge is 2.57. The van der Waals surface area contributed by atoms with Crippen molar-refractivity contribution in [2.45, 2.75) is 70.3 Å². The molecule has 170 valence electrons. The Morgan fingerprint density at radius 1 is 1.31 bits per heavy atom. The third-order valence-corrected chi connectivity index (χ3v) is 5.86. The predicted molar refractivity (Wildman–Crippen MR) is 116 cm³/mol. The zero-order valence-electron chi connectivity index (χ0n) is 18.5. The summed E-state index contributed by atoms with van der Waals surface area (Å²) >= 11 is 0. The van der Waals surface area contributed by atoms with Crippen molar-refractivity contribution in [3.05, 3.63) is 29.8 Å². The van der Waals surface area contributed by atoms with E-state index in [1.54, 1.807) is 6.20 Å². The number of hydrogen-bond donors (Lipinski definition) is 3. The molecular weight excluding hydrogens is 413 g/mol. The first-order chi connectivity index (χ1) is 15.1. The van der Waals surface area contributed by atoms with Crippen molar-refractivity contribution in [3.8, 4) is 11.9 Å². The highest BCUT2D eigenvalue weighted by Crippen LogP contribution is 2.60. The van der Waals surface area contributed by atoms with E-state index < -0.39 is 11.3 Å². The normalized spacial score (nSPS) is 26.6. The lowest BCUT2D eigenvalue weighted by Gasteiger charge is -2.60. The fraction of sp³-hybridized carbons (Fsp3) is 0.591. The Balaban J connectivity index is 1.38. The fourth-order valence-corrected chi connectivity index (χ4v) is 4.81. The molecule has 1 spiro atoms. The van der Waals surface area contributed by atoms with Crippen molar-refractivity contribution in [1.29, 1.82) is 5.26 Å². The standard InChI is InChI=1S/C22H28FN7O2/c1-20(2,23)12-32-18-15(7-25-13-28-18)9-27-19-26-8-14(6-24)17(30-19)29-16-4-22(5-16)10-21(3,31)11-22/h7-8,13,16,31H,4-5,9-12H2,1-3H3,(H2,26,27,29,30). The molecule has 0 radical (unpaired) electrons. The Labute approximate surface area is 186 Å². The molecule has 0 bridgehead atoms. The maximum Gasteiger partial charge on any atom is 0.224 e. The lowest BCUT2D eigenvalue weighted by atomic mass is 9.48. The largest absolute Gasteiger partial charge is 0.474 e. The average molecular weight is 442 g/mol. The lowest BCUT2D eigenvalue weighted by Crippen LogP contribution is -2.59. The van der Waals surface area contributed by atoms with Gasteiger partial charge in [-0.05, 0) is 51.9 Å². The van der Waals surface area contributed by atoms with Gasteiger partial charge in [0, 0.05) is 18.8 Å². The summed E-state index contributed by atoms with van der Waals surface area (Å²) in [5.41, 5.74) is -0.799. The van der Waals surface area contributed by atoms with Crippen LogP contribution in [0.2, 0.25) is 0 Å². The van der Waals surface area contributed by atoms with Crippen LogP contribution >= 0.6 is 0 Å². The quantitative estimate of drug-likeness (QED) is 0.566. The van der Waals surface area contributed by atoms with Crippen molar-refractivity contribution in [3.63, 3.8) is 0 Å². The molecule has 0 saturated heterocycles. The van der Waals surface area contributed by atoms with Crippen molar-refractivity contribution in [2.75, 3.05) is 17.2 Å². The summed E-state index contributed by atoms with van der Waals surface area (Å²) < 4.78 is 19.3. The molecule has 9 nitrogen and oxygen atoms in total. The minimum atomic E-state index is -1.48. The molecule has 2 aliphatic carbocycles. The van der Waals surface area contributed by atoms with Gasteiger partial charge < -0.3 is 20.5 Å². The van der Waals surface area contributed by atoms with E-state index in [4.69, 9.17) is 4.74 Å². The van der Waals surface area contributed by atoms with Crippen LogP contribution in [0.1, 0.15) is 57.6 Å². The van der Waals surface area contributed by atoms with Crippen LogP contribution in [0.15, 0.2) is 18.7 Å². The van der Waals surface area contributed by atoms with Crippen LogP contribution in [-0.2, 0) is 6.54 Å². The van der Waals surface area contributed by atoms with E-state index in [0.717, 1.165) is 25.7 Å². The Morgan fingerprint density at radius 3 is 2.72 bits per heavy atom. The first kappa shape index (κ1) is 22.1. The molecule has 2 fully saturated rings. The van der Waals surface area contributed by atoms with Gasteiger partial charge in [-0.1, -0.05) is 0 Å². The third-order valence-electron chi connectivity index (χ3n) is 5.86. The number of anilines is 2. The highest BCUT2D eigenvalue weighted by molar-refractivity contribution is 5.54. The number of nitriles is 1.